The van der Waals surface area contributed by atoms with E-state index in [-0.39, 0.29) is 25.4 Å². The minimum Gasteiger partial charge on any atom is -0.444 e. The van der Waals surface area contributed by atoms with Gasteiger partial charge >= 0.3 is 12.2 Å². The lowest BCUT2D eigenvalue weighted by molar-refractivity contribution is -0.139. The van der Waals surface area contributed by atoms with Crippen molar-refractivity contribution in [2.45, 2.75) is 90.0 Å². The average molecular weight is 635 g/mol. The maximum Gasteiger partial charge on any atom is 0.417 e. The molecule has 0 saturated heterocycles. The Kier molecular flexibility index (Phi) is 13.2. The molecule has 0 fully saturated rings. The summed E-state index contributed by atoms with van der Waals surface area (Å²) < 4.78 is 11.0. The van der Waals surface area contributed by atoms with Gasteiger partial charge in [-0.3, -0.25) is 9.78 Å². The van der Waals surface area contributed by atoms with Crippen molar-refractivity contribution in [1.82, 2.24) is 15.2 Å². The number of nitrogens with two attached hydrogens (primary N) is 1. The maximum atomic E-state index is 13.9. The van der Waals surface area contributed by atoms with Gasteiger partial charge in [-0.05, 0) is 62.8 Å². The van der Waals surface area contributed by atoms with E-state index in [1.165, 1.54) is 0 Å². The van der Waals surface area contributed by atoms with Gasteiger partial charge in [-0.1, -0.05) is 80.6 Å². The van der Waals surface area contributed by atoms with E-state index in [2.05, 4.69) is 10.3 Å². The summed E-state index contributed by atoms with van der Waals surface area (Å²) in [6, 6.07) is 19.6. The molecule has 5 N–H and O–H groups in total. The average Bonchev–Trinajstić information content (AvgIpc) is 3.02. The zero-order chi connectivity index (χ0) is 33.9. The number of pyridine rings is 1. The quantitative estimate of drug-likeness (QED) is 0.218. The molecule has 248 valence electrons. The number of carbonyl (C=O) groups is 3. The number of aliphatic hydroxyl groups excluding tert-OH is 2. The van der Waals surface area contributed by atoms with E-state index in [1.54, 1.807) is 83.3 Å². The fourth-order valence-corrected chi connectivity index (χ4v) is 4.79. The molecule has 3 unspecified atom stereocenters. The second-order valence-corrected chi connectivity index (χ2v) is 12.5. The zero-order valence-electron chi connectivity index (χ0n) is 27.1. The summed E-state index contributed by atoms with van der Waals surface area (Å²) in [5, 5.41) is 26.3. The van der Waals surface area contributed by atoms with Gasteiger partial charge in [-0.25, -0.2) is 14.5 Å². The number of alkyl carbamates (subject to hydrolysis) is 1. The lowest BCUT2D eigenvalue weighted by Crippen LogP contribution is -2.62. The van der Waals surface area contributed by atoms with Crippen molar-refractivity contribution >= 4 is 18.1 Å². The van der Waals surface area contributed by atoms with Crippen molar-refractivity contribution < 1.29 is 34.1 Å². The Labute approximate surface area is 270 Å². The van der Waals surface area contributed by atoms with Crippen molar-refractivity contribution in [2.75, 3.05) is 0 Å². The fraction of sp³-hybridized carbons (Fsp3) is 0.429. The molecule has 0 spiro atoms. The van der Waals surface area contributed by atoms with Crippen LogP contribution in [0.5, 0.6) is 0 Å². The molecule has 0 aliphatic rings. The molecule has 3 rings (SSSR count). The lowest BCUT2D eigenvalue weighted by atomic mass is 9.89. The number of aromatic nitrogens is 1. The second-order valence-electron chi connectivity index (χ2n) is 12.5. The Bertz CT molecular complexity index is 1380. The molecule has 11 nitrogen and oxygen atoms in total. The Morgan fingerprint density at radius 2 is 1.43 bits per heavy atom. The monoisotopic (exact) mass is 634 g/mol. The molecule has 0 aliphatic carbocycles. The number of nitrogens with zero attached hydrogens (tertiary/aromatic N) is 2. The van der Waals surface area contributed by atoms with Crippen LogP contribution < -0.4 is 11.1 Å². The van der Waals surface area contributed by atoms with Gasteiger partial charge in [0.25, 0.3) is 0 Å². The highest BCUT2D eigenvalue weighted by molar-refractivity contribution is 5.95. The van der Waals surface area contributed by atoms with Crippen LogP contribution in [0.3, 0.4) is 0 Å². The first kappa shape index (κ1) is 36.2. The van der Waals surface area contributed by atoms with Gasteiger partial charge < -0.3 is 30.7 Å². The van der Waals surface area contributed by atoms with Crippen molar-refractivity contribution in [3.63, 3.8) is 0 Å². The Hall–Kier alpha value is -4.32. The molecular formula is C35H46N4O7. The molecule has 0 aliphatic heterocycles. The molecule has 0 saturated carbocycles. The lowest BCUT2D eigenvalue weighted by Gasteiger charge is -2.38. The normalized spacial score (nSPS) is 14.8. The predicted octanol–water partition coefficient (Wildman–Crippen LogP) is 4.00. The number of ether oxygens (including phenoxy) is 2. The number of carbonyl (C=O) groups excluding carboxylic acids is 3. The third kappa shape index (κ3) is 10.9. The summed E-state index contributed by atoms with van der Waals surface area (Å²) in [6.45, 7) is 8.35. The zero-order valence-corrected chi connectivity index (χ0v) is 27.1. The largest absolute Gasteiger partial charge is 0.444 e. The highest BCUT2D eigenvalue weighted by atomic mass is 16.6. The summed E-state index contributed by atoms with van der Waals surface area (Å²) in [7, 11) is 0. The number of rotatable bonds is 13. The fourth-order valence-electron chi connectivity index (χ4n) is 4.79. The van der Waals surface area contributed by atoms with E-state index in [0.717, 1.165) is 10.5 Å². The molecule has 2 aromatic carbocycles. The summed E-state index contributed by atoms with van der Waals surface area (Å²) in [5.41, 5.74) is 7.33. The van der Waals surface area contributed by atoms with E-state index in [9.17, 15) is 24.6 Å². The predicted molar refractivity (Wildman–Crippen MR) is 173 cm³/mol. The standard InChI is InChI=1S/C35H46N4O7/c1-23(2)29(36)32(42)39(34(44)45-22-26-18-12-13-19-37-26)28(21-25-16-10-7-11-17-25)31(41)30(40)27(20-24-14-8-6-9-15-24)38-33(43)46-35(3,4)5/h6-19,23,27-31,40-41H,20-22,36H2,1-5H3,(H,38,43)/t27-,28?,29-,30?,31?/m0/s1. The third-order valence-electron chi connectivity index (χ3n) is 7.28. The highest BCUT2D eigenvalue weighted by Crippen LogP contribution is 2.22. The first-order valence-electron chi connectivity index (χ1n) is 15.4. The van der Waals surface area contributed by atoms with Gasteiger partial charge in [0.2, 0.25) is 5.91 Å². The van der Waals surface area contributed by atoms with Gasteiger partial charge in [0.1, 0.15) is 24.4 Å². The van der Waals surface area contributed by atoms with Gasteiger partial charge in [0.15, 0.2) is 0 Å². The maximum absolute atomic E-state index is 13.9. The van der Waals surface area contributed by atoms with Crippen LogP contribution in [0.2, 0.25) is 0 Å². The Morgan fingerprint density at radius 1 is 0.870 bits per heavy atom. The molecule has 11 heteroatoms. The Balaban J connectivity index is 2.04. The molecule has 3 amide bonds. The first-order chi connectivity index (χ1) is 21.8. The number of imide groups is 1. The molecule has 1 aromatic heterocycles. The summed E-state index contributed by atoms with van der Waals surface area (Å²) in [6.07, 6.45) is -3.67. The Morgan fingerprint density at radius 3 is 1.96 bits per heavy atom. The molecule has 5 atom stereocenters. The minimum atomic E-state index is -1.76. The molecule has 3 aromatic rings. The summed E-state index contributed by atoms with van der Waals surface area (Å²) >= 11 is 0. The second kappa shape index (κ2) is 16.8. The van der Waals surface area contributed by atoms with Gasteiger partial charge in [-0.15, -0.1) is 0 Å². The number of hydrogen-bond donors (Lipinski definition) is 4. The van der Waals surface area contributed by atoms with E-state index >= 15 is 0 Å². The van der Waals surface area contributed by atoms with Crippen LogP contribution in [0.15, 0.2) is 85.1 Å². The van der Waals surface area contributed by atoms with Crippen LogP contribution in [0.4, 0.5) is 9.59 Å². The van der Waals surface area contributed by atoms with E-state index in [1.807, 2.05) is 36.4 Å². The SMILES string of the molecule is CC(C)[C@H](N)C(=O)N(C(=O)OCc1ccccn1)C(Cc1ccccc1)C(O)C(O)[C@H](Cc1ccccc1)NC(=O)OC(C)(C)C. The number of aliphatic hydroxyl groups is 2. The minimum absolute atomic E-state index is 0.0429. The van der Waals surface area contributed by atoms with Crippen LogP contribution in [0, 0.1) is 5.92 Å². The van der Waals surface area contributed by atoms with Crippen LogP contribution in [0.1, 0.15) is 51.4 Å². The van der Waals surface area contributed by atoms with Crippen LogP contribution in [-0.4, -0.2) is 74.1 Å². The molecule has 1 heterocycles. The van der Waals surface area contributed by atoms with Crippen LogP contribution in [-0.2, 0) is 33.7 Å². The number of benzene rings is 2. The van der Waals surface area contributed by atoms with Crippen molar-refractivity contribution in [3.05, 3.63) is 102 Å². The molecule has 46 heavy (non-hydrogen) atoms. The van der Waals surface area contributed by atoms with E-state index in [0.29, 0.717) is 11.3 Å². The summed E-state index contributed by atoms with van der Waals surface area (Å²) in [4.78, 5) is 45.5. The highest BCUT2D eigenvalue weighted by Gasteiger charge is 2.43. The number of amides is 3. The smallest absolute Gasteiger partial charge is 0.417 e. The van der Waals surface area contributed by atoms with Crippen LogP contribution >= 0.6 is 0 Å². The van der Waals surface area contributed by atoms with Crippen molar-refractivity contribution in [1.29, 1.82) is 0 Å². The third-order valence-corrected chi connectivity index (χ3v) is 7.28. The van der Waals surface area contributed by atoms with E-state index in [4.69, 9.17) is 15.2 Å². The van der Waals surface area contributed by atoms with Gasteiger partial charge in [0.05, 0.1) is 23.8 Å². The van der Waals surface area contributed by atoms with E-state index < -0.39 is 54.0 Å². The van der Waals surface area contributed by atoms with Crippen LogP contribution in [0.25, 0.3) is 0 Å². The van der Waals surface area contributed by atoms with Gasteiger partial charge in [0, 0.05) is 6.20 Å². The summed E-state index contributed by atoms with van der Waals surface area (Å²) in [5.74, 6) is -1.15. The molecule has 0 radical (unpaired) electrons. The van der Waals surface area contributed by atoms with Gasteiger partial charge in [-0.2, -0.15) is 0 Å². The van der Waals surface area contributed by atoms with Crippen molar-refractivity contribution in [2.24, 2.45) is 11.7 Å². The number of nitrogens with one attached hydrogen (secondary N) is 1. The molecule has 0 bridgehead atoms. The first-order valence-corrected chi connectivity index (χ1v) is 15.4. The molecular weight excluding hydrogens is 588 g/mol. The topological polar surface area (TPSA) is 164 Å². The van der Waals surface area contributed by atoms with Crippen molar-refractivity contribution in [3.8, 4) is 0 Å². The number of hydrogen-bond acceptors (Lipinski definition) is 9.